The Labute approximate surface area is 164 Å². The van der Waals surface area contributed by atoms with Crippen LogP contribution in [0.3, 0.4) is 0 Å². The molecular formula is C16H15F3N2O6S2. The Morgan fingerprint density at radius 1 is 1.00 bits per heavy atom. The molecule has 0 atom stereocenters. The van der Waals surface area contributed by atoms with E-state index in [2.05, 4.69) is 10.0 Å². The van der Waals surface area contributed by atoms with E-state index in [9.17, 15) is 34.8 Å². The average Bonchev–Trinajstić information content (AvgIpc) is 2.61. The van der Waals surface area contributed by atoms with Gasteiger partial charge >= 0.3 is 5.51 Å². The number of carbonyl (C=O) groups excluding carboxylic acids is 1. The second-order valence-electron chi connectivity index (χ2n) is 5.72. The highest BCUT2D eigenvalue weighted by molar-refractivity contribution is 7.92. The topological polar surface area (TPSA) is 119 Å². The molecule has 0 saturated heterocycles. The molecule has 13 heteroatoms. The largest absolute Gasteiger partial charge is 0.501 e. The third-order valence-electron chi connectivity index (χ3n) is 3.49. The minimum absolute atomic E-state index is 0.0940. The zero-order chi connectivity index (χ0) is 22.0. The molecule has 2 aromatic carbocycles. The lowest BCUT2D eigenvalue weighted by atomic mass is 10.2. The molecular weight excluding hydrogens is 437 g/mol. The zero-order valence-electron chi connectivity index (χ0n) is 14.9. The summed E-state index contributed by atoms with van der Waals surface area (Å²) in [4.78, 5) is 11.3. The predicted octanol–water partition coefficient (Wildman–Crippen LogP) is 2.61. The minimum Gasteiger partial charge on any atom is -0.494 e. The Balaban J connectivity index is 2.22. The lowest BCUT2D eigenvalue weighted by Gasteiger charge is -2.12. The number of sulfonamides is 1. The quantitative estimate of drug-likeness (QED) is 0.696. The first-order chi connectivity index (χ1) is 13.2. The van der Waals surface area contributed by atoms with E-state index in [1.54, 1.807) is 0 Å². The number of carbonyl (C=O) groups is 1. The van der Waals surface area contributed by atoms with E-state index in [1.807, 2.05) is 0 Å². The summed E-state index contributed by atoms with van der Waals surface area (Å²) in [7, 11) is -7.79. The van der Waals surface area contributed by atoms with Crippen molar-refractivity contribution >= 4 is 37.1 Å². The number of methoxy groups -OCH3 is 1. The number of hydrogen-bond donors (Lipinski definition) is 2. The molecule has 0 aliphatic carbocycles. The number of hydrogen-bond acceptors (Lipinski definition) is 6. The SMILES string of the molecule is COc1cc(NC(=O)c2ccc(S(=O)(=O)C(F)(F)F)cc2)ccc1NS(C)(=O)=O. The maximum absolute atomic E-state index is 12.6. The van der Waals surface area contributed by atoms with Crippen LogP contribution >= 0.6 is 0 Å². The van der Waals surface area contributed by atoms with Crippen molar-refractivity contribution in [1.29, 1.82) is 0 Å². The first-order valence-electron chi connectivity index (χ1n) is 7.63. The summed E-state index contributed by atoms with van der Waals surface area (Å²) in [5.74, 6) is -0.619. The van der Waals surface area contributed by atoms with Gasteiger partial charge in [-0.25, -0.2) is 16.8 Å². The van der Waals surface area contributed by atoms with Crippen LogP contribution in [-0.2, 0) is 19.9 Å². The van der Waals surface area contributed by atoms with E-state index in [-0.39, 0.29) is 22.7 Å². The van der Waals surface area contributed by atoms with Gasteiger partial charge in [-0.1, -0.05) is 0 Å². The van der Waals surface area contributed by atoms with Crippen LogP contribution in [0.5, 0.6) is 5.75 Å². The van der Waals surface area contributed by atoms with Crippen LogP contribution < -0.4 is 14.8 Å². The Hall–Kier alpha value is -2.80. The van der Waals surface area contributed by atoms with Crippen LogP contribution in [0.1, 0.15) is 10.4 Å². The van der Waals surface area contributed by atoms with Gasteiger partial charge in [-0.2, -0.15) is 13.2 Å². The van der Waals surface area contributed by atoms with Gasteiger partial charge in [0.15, 0.2) is 0 Å². The lowest BCUT2D eigenvalue weighted by molar-refractivity contribution is -0.0436. The third-order valence-corrected chi connectivity index (χ3v) is 5.58. The van der Waals surface area contributed by atoms with E-state index >= 15 is 0 Å². The maximum atomic E-state index is 12.6. The molecule has 0 saturated carbocycles. The average molecular weight is 452 g/mol. The molecule has 2 aromatic rings. The van der Waals surface area contributed by atoms with Gasteiger partial charge in [0.2, 0.25) is 10.0 Å². The standard InChI is InChI=1S/C16H15F3N2O6S2/c1-27-14-9-11(5-8-13(14)21-28(2,23)24)20-15(22)10-3-6-12(7-4-10)29(25,26)16(17,18)19/h3-9,21H,1-2H3,(H,20,22). The number of alkyl halides is 3. The molecule has 0 spiro atoms. The number of amides is 1. The second-order valence-corrected chi connectivity index (χ2v) is 9.41. The zero-order valence-corrected chi connectivity index (χ0v) is 16.6. The van der Waals surface area contributed by atoms with Crippen molar-refractivity contribution in [2.24, 2.45) is 0 Å². The number of anilines is 2. The van der Waals surface area contributed by atoms with Crippen molar-refractivity contribution < 1.29 is 39.5 Å². The summed E-state index contributed by atoms with van der Waals surface area (Å²) in [5.41, 5.74) is -5.20. The van der Waals surface area contributed by atoms with E-state index in [1.165, 1.54) is 25.3 Å². The van der Waals surface area contributed by atoms with Gasteiger partial charge in [0.25, 0.3) is 15.7 Å². The Kier molecular flexibility index (Phi) is 6.13. The molecule has 8 nitrogen and oxygen atoms in total. The summed E-state index contributed by atoms with van der Waals surface area (Å²) in [6.07, 6.45) is 0.949. The molecule has 29 heavy (non-hydrogen) atoms. The number of halogens is 3. The molecule has 0 aliphatic heterocycles. The van der Waals surface area contributed by atoms with Gasteiger partial charge in [-0.05, 0) is 36.4 Å². The lowest BCUT2D eigenvalue weighted by Crippen LogP contribution is -2.23. The fourth-order valence-electron chi connectivity index (χ4n) is 2.18. The fraction of sp³-hybridized carbons (Fsp3) is 0.188. The van der Waals surface area contributed by atoms with Crippen molar-refractivity contribution in [3.05, 3.63) is 48.0 Å². The van der Waals surface area contributed by atoms with Crippen LogP contribution in [0.2, 0.25) is 0 Å². The summed E-state index contributed by atoms with van der Waals surface area (Å²) in [5, 5.41) is 2.44. The van der Waals surface area contributed by atoms with Crippen molar-refractivity contribution in [3.63, 3.8) is 0 Å². The van der Waals surface area contributed by atoms with Gasteiger partial charge in [0, 0.05) is 17.3 Å². The van der Waals surface area contributed by atoms with Crippen LogP contribution in [0, 0.1) is 0 Å². The molecule has 0 radical (unpaired) electrons. The van der Waals surface area contributed by atoms with Gasteiger partial charge in [-0.15, -0.1) is 0 Å². The maximum Gasteiger partial charge on any atom is 0.501 e. The van der Waals surface area contributed by atoms with Crippen LogP contribution in [0.4, 0.5) is 24.5 Å². The van der Waals surface area contributed by atoms with Gasteiger partial charge < -0.3 is 10.1 Å². The molecule has 0 bridgehead atoms. The fourth-order valence-corrected chi connectivity index (χ4v) is 3.51. The normalized spacial score (nSPS) is 12.3. The highest BCUT2D eigenvalue weighted by Gasteiger charge is 2.46. The van der Waals surface area contributed by atoms with Crippen LogP contribution in [-0.4, -0.2) is 41.6 Å². The van der Waals surface area contributed by atoms with E-state index in [0.717, 1.165) is 18.4 Å². The number of benzene rings is 2. The summed E-state index contributed by atoms with van der Waals surface area (Å²) in [6, 6.07) is 7.27. The molecule has 0 unspecified atom stereocenters. The molecule has 0 fully saturated rings. The van der Waals surface area contributed by atoms with Gasteiger partial charge in [0.1, 0.15) is 5.75 Å². The Morgan fingerprint density at radius 3 is 2.07 bits per heavy atom. The molecule has 0 aromatic heterocycles. The predicted molar refractivity (Wildman–Crippen MR) is 99.1 cm³/mol. The van der Waals surface area contributed by atoms with Gasteiger partial charge in [0.05, 0.1) is 23.9 Å². The van der Waals surface area contributed by atoms with Gasteiger partial charge in [-0.3, -0.25) is 9.52 Å². The van der Waals surface area contributed by atoms with Crippen molar-refractivity contribution in [2.45, 2.75) is 10.4 Å². The van der Waals surface area contributed by atoms with Crippen LogP contribution in [0.25, 0.3) is 0 Å². The summed E-state index contributed by atoms with van der Waals surface area (Å²) >= 11 is 0. The van der Waals surface area contributed by atoms with Crippen molar-refractivity contribution in [3.8, 4) is 5.75 Å². The third kappa shape index (κ3) is 5.38. The summed E-state index contributed by atoms with van der Waals surface area (Å²) in [6.45, 7) is 0. The minimum atomic E-state index is -5.51. The molecule has 1 amide bonds. The highest BCUT2D eigenvalue weighted by atomic mass is 32.2. The number of nitrogens with one attached hydrogen (secondary N) is 2. The van der Waals surface area contributed by atoms with E-state index in [0.29, 0.717) is 12.1 Å². The first-order valence-corrected chi connectivity index (χ1v) is 11.0. The molecule has 158 valence electrons. The van der Waals surface area contributed by atoms with Crippen molar-refractivity contribution in [1.82, 2.24) is 0 Å². The Bertz CT molecular complexity index is 1130. The first kappa shape index (κ1) is 22.5. The number of ether oxygens (including phenoxy) is 1. The highest BCUT2D eigenvalue weighted by Crippen LogP contribution is 2.31. The van der Waals surface area contributed by atoms with Crippen LogP contribution in [0.15, 0.2) is 47.4 Å². The molecule has 0 aliphatic rings. The Morgan fingerprint density at radius 2 is 1.59 bits per heavy atom. The monoisotopic (exact) mass is 452 g/mol. The number of rotatable bonds is 6. The van der Waals surface area contributed by atoms with E-state index < -0.39 is 36.2 Å². The van der Waals surface area contributed by atoms with E-state index in [4.69, 9.17) is 4.74 Å². The molecule has 2 N–H and O–H groups in total. The summed E-state index contributed by atoms with van der Waals surface area (Å²) < 4.78 is 90.3. The van der Waals surface area contributed by atoms with Crippen molar-refractivity contribution in [2.75, 3.05) is 23.4 Å². The second kappa shape index (κ2) is 7.91. The number of sulfone groups is 1. The smallest absolute Gasteiger partial charge is 0.494 e. The molecule has 2 rings (SSSR count). The molecule has 0 heterocycles.